The molecule has 0 aromatic heterocycles. The van der Waals surface area contributed by atoms with E-state index < -0.39 is 0 Å². The number of aliphatic hydroxyl groups is 2. The summed E-state index contributed by atoms with van der Waals surface area (Å²) in [4.78, 5) is 0. The maximum absolute atomic E-state index is 9.05. The predicted octanol–water partition coefficient (Wildman–Crippen LogP) is -0.217. The van der Waals surface area contributed by atoms with E-state index in [1.807, 2.05) is 6.92 Å². The van der Waals surface area contributed by atoms with Crippen molar-refractivity contribution in [1.82, 2.24) is 0 Å². The second kappa shape index (κ2) is 8.93. The van der Waals surface area contributed by atoms with Crippen molar-refractivity contribution >= 4 is 0 Å². The second-order valence-electron chi connectivity index (χ2n) is 2.47. The molecule has 0 heterocycles. The van der Waals surface area contributed by atoms with E-state index in [0.717, 1.165) is 0 Å². The van der Waals surface area contributed by atoms with Gasteiger partial charge in [0.15, 0.2) is 0 Å². The highest BCUT2D eigenvalue weighted by Crippen LogP contribution is 1.90. The molecular formula is C8H18O4. The zero-order valence-electron chi connectivity index (χ0n) is 7.53. The first-order chi connectivity index (χ1) is 5.81. The van der Waals surface area contributed by atoms with Crippen LogP contribution < -0.4 is 0 Å². The van der Waals surface area contributed by atoms with Crippen molar-refractivity contribution in [1.29, 1.82) is 0 Å². The number of hydrogen-bond donors (Lipinski definition) is 2. The van der Waals surface area contributed by atoms with Crippen LogP contribution in [0.25, 0.3) is 0 Å². The van der Waals surface area contributed by atoms with Crippen molar-refractivity contribution in [2.24, 2.45) is 0 Å². The molecule has 0 bridgehead atoms. The molecule has 0 fully saturated rings. The highest BCUT2D eigenvalue weighted by Gasteiger charge is 1.98. The summed E-state index contributed by atoms with van der Waals surface area (Å²) in [5.41, 5.74) is 0. The summed E-state index contributed by atoms with van der Waals surface area (Å²) in [6.45, 7) is 3.58. The Hall–Kier alpha value is -0.160. The molecule has 0 rings (SSSR count). The third-order valence-corrected chi connectivity index (χ3v) is 1.39. The van der Waals surface area contributed by atoms with Crippen LogP contribution in [0.2, 0.25) is 0 Å². The highest BCUT2D eigenvalue weighted by atomic mass is 16.5. The molecule has 0 aliphatic carbocycles. The van der Waals surface area contributed by atoms with E-state index in [1.54, 1.807) is 0 Å². The second-order valence-corrected chi connectivity index (χ2v) is 2.47. The summed E-state index contributed by atoms with van der Waals surface area (Å²) < 4.78 is 10.0. The minimum absolute atomic E-state index is 0.0393. The Morgan fingerprint density at radius 1 is 1.17 bits per heavy atom. The van der Waals surface area contributed by atoms with Crippen molar-refractivity contribution in [3.8, 4) is 0 Å². The average molecular weight is 178 g/mol. The lowest BCUT2D eigenvalue weighted by Crippen LogP contribution is -2.16. The molecule has 74 valence electrons. The fourth-order valence-electron chi connectivity index (χ4n) is 0.622. The Balaban J connectivity index is 2.90. The molecular weight excluding hydrogens is 160 g/mol. The smallest absolute Gasteiger partial charge is 0.0771 e. The third-order valence-electron chi connectivity index (χ3n) is 1.39. The molecule has 0 amide bonds. The van der Waals surface area contributed by atoms with Gasteiger partial charge in [0.2, 0.25) is 0 Å². The Kier molecular flexibility index (Phi) is 8.81. The fraction of sp³-hybridized carbons (Fsp3) is 1.00. The lowest BCUT2D eigenvalue weighted by atomic mass is 10.3. The molecule has 4 nitrogen and oxygen atoms in total. The van der Waals surface area contributed by atoms with Gasteiger partial charge in [-0.15, -0.1) is 0 Å². The van der Waals surface area contributed by atoms with Crippen LogP contribution in [0, 0.1) is 0 Å². The molecule has 0 aliphatic rings. The van der Waals surface area contributed by atoms with Crippen molar-refractivity contribution in [3.63, 3.8) is 0 Å². The van der Waals surface area contributed by atoms with Crippen molar-refractivity contribution in [2.75, 3.05) is 33.0 Å². The monoisotopic (exact) mass is 178 g/mol. The quantitative estimate of drug-likeness (QED) is 0.505. The molecule has 12 heavy (non-hydrogen) atoms. The van der Waals surface area contributed by atoms with E-state index in [9.17, 15) is 0 Å². The van der Waals surface area contributed by atoms with E-state index in [-0.39, 0.29) is 12.7 Å². The zero-order chi connectivity index (χ0) is 9.23. The molecule has 4 heteroatoms. The number of hydrogen-bond acceptors (Lipinski definition) is 4. The molecule has 1 unspecified atom stereocenters. The van der Waals surface area contributed by atoms with Crippen LogP contribution in [0.15, 0.2) is 0 Å². The minimum Gasteiger partial charge on any atom is -0.394 e. The normalized spacial score (nSPS) is 13.2. The lowest BCUT2D eigenvalue weighted by molar-refractivity contribution is -0.00274. The van der Waals surface area contributed by atoms with E-state index in [1.165, 1.54) is 0 Å². The fourth-order valence-corrected chi connectivity index (χ4v) is 0.622. The largest absolute Gasteiger partial charge is 0.394 e. The van der Waals surface area contributed by atoms with Crippen molar-refractivity contribution < 1.29 is 19.7 Å². The summed E-state index contributed by atoms with van der Waals surface area (Å²) in [5.74, 6) is 0. The van der Waals surface area contributed by atoms with Crippen LogP contribution in [0.3, 0.4) is 0 Å². The van der Waals surface area contributed by atoms with Crippen LogP contribution in [-0.4, -0.2) is 49.4 Å². The van der Waals surface area contributed by atoms with Gasteiger partial charge < -0.3 is 19.7 Å². The summed E-state index contributed by atoms with van der Waals surface area (Å²) >= 11 is 0. The maximum Gasteiger partial charge on any atom is 0.0771 e. The Morgan fingerprint density at radius 3 is 2.42 bits per heavy atom. The van der Waals surface area contributed by atoms with Crippen molar-refractivity contribution in [2.45, 2.75) is 19.4 Å². The van der Waals surface area contributed by atoms with Gasteiger partial charge in [-0.05, 0) is 6.42 Å². The predicted molar refractivity (Wildman–Crippen MR) is 45.0 cm³/mol. The van der Waals surface area contributed by atoms with Gasteiger partial charge in [-0.3, -0.25) is 0 Å². The Bertz CT molecular complexity index is 87.1. The number of rotatable bonds is 8. The van der Waals surface area contributed by atoms with E-state index in [2.05, 4.69) is 0 Å². The SMILES string of the molecule is CCC(O)COCCOCCO. The van der Waals surface area contributed by atoms with Gasteiger partial charge in [-0.2, -0.15) is 0 Å². The number of aliphatic hydroxyl groups excluding tert-OH is 2. The summed E-state index contributed by atoms with van der Waals surface area (Å²) in [7, 11) is 0. The van der Waals surface area contributed by atoms with Gasteiger partial charge in [0.05, 0.1) is 39.1 Å². The summed E-state index contributed by atoms with van der Waals surface area (Å²) in [5, 5.41) is 17.4. The third kappa shape index (κ3) is 7.94. The Morgan fingerprint density at radius 2 is 1.83 bits per heavy atom. The van der Waals surface area contributed by atoms with Gasteiger partial charge in [0, 0.05) is 0 Å². The highest BCUT2D eigenvalue weighted by molar-refractivity contribution is 4.47. The molecule has 0 aliphatic heterocycles. The van der Waals surface area contributed by atoms with Crippen LogP contribution in [-0.2, 0) is 9.47 Å². The molecule has 0 aromatic rings. The topological polar surface area (TPSA) is 58.9 Å². The van der Waals surface area contributed by atoms with Gasteiger partial charge in [-0.1, -0.05) is 6.92 Å². The molecule has 0 saturated carbocycles. The molecule has 0 spiro atoms. The molecule has 0 radical (unpaired) electrons. The summed E-state index contributed by atoms with van der Waals surface area (Å²) in [6.07, 6.45) is 0.333. The molecule has 2 N–H and O–H groups in total. The standard InChI is InChI=1S/C8H18O4/c1-2-8(10)7-12-6-5-11-4-3-9/h8-10H,2-7H2,1H3. The van der Waals surface area contributed by atoms with Gasteiger partial charge in [0.25, 0.3) is 0 Å². The molecule has 1 atom stereocenters. The first kappa shape index (κ1) is 11.8. The van der Waals surface area contributed by atoms with Gasteiger partial charge in [0.1, 0.15) is 0 Å². The average Bonchev–Trinajstić information content (AvgIpc) is 2.10. The molecule has 0 saturated heterocycles. The van der Waals surface area contributed by atoms with Crippen LogP contribution in [0.4, 0.5) is 0 Å². The van der Waals surface area contributed by atoms with Crippen LogP contribution in [0.1, 0.15) is 13.3 Å². The van der Waals surface area contributed by atoms with E-state index in [0.29, 0.717) is 32.8 Å². The van der Waals surface area contributed by atoms with Crippen LogP contribution >= 0.6 is 0 Å². The first-order valence-electron chi connectivity index (χ1n) is 4.25. The summed E-state index contributed by atoms with van der Waals surface area (Å²) in [6, 6.07) is 0. The van der Waals surface area contributed by atoms with E-state index >= 15 is 0 Å². The zero-order valence-corrected chi connectivity index (χ0v) is 7.53. The first-order valence-corrected chi connectivity index (χ1v) is 4.25. The van der Waals surface area contributed by atoms with Gasteiger partial charge >= 0.3 is 0 Å². The van der Waals surface area contributed by atoms with E-state index in [4.69, 9.17) is 19.7 Å². The number of ether oxygens (including phenoxy) is 2. The minimum atomic E-state index is -0.372. The van der Waals surface area contributed by atoms with Gasteiger partial charge in [-0.25, -0.2) is 0 Å². The van der Waals surface area contributed by atoms with Crippen LogP contribution in [0.5, 0.6) is 0 Å². The van der Waals surface area contributed by atoms with Crippen molar-refractivity contribution in [3.05, 3.63) is 0 Å². The maximum atomic E-state index is 9.05. The lowest BCUT2D eigenvalue weighted by Gasteiger charge is -2.08. The Labute approximate surface area is 73.1 Å². The molecule has 0 aromatic carbocycles.